The van der Waals surface area contributed by atoms with Crippen molar-refractivity contribution in [2.75, 3.05) is 14.2 Å². The summed E-state index contributed by atoms with van der Waals surface area (Å²) in [5.74, 6) is 2.16. The summed E-state index contributed by atoms with van der Waals surface area (Å²) in [5.41, 5.74) is 3.80. The van der Waals surface area contributed by atoms with E-state index in [1.165, 1.54) is 23.1 Å². The number of ether oxygens (including phenoxy) is 3. The lowest BCUT2D eigenvalue weighted by molar-refractivity contribution is -0.183. The molecule has 2 aliphatic carbocycles. The Kier molecular flexibility index (Phi) is 6.28. The van der Waals surface area contributed by atoms with Gasteiger partial charge in [-0.25, -0.2) is 0 Å². The molecule has 3 rings (SSSR count). The summed E-state index contributed by atoms with van der Waals surface area (Å²) >= 11 is 0. The van der Waals surface area contributed by atoms with Crippen LogP contribution in [0.4, 0.5) is 0 Å². The first kappa shape index (κ1) is 20.1. The minimum atomic E-state index is -0.393. The summed E-state index contributed by atoms with van der Waals surface area (Å²) in [7, 11) is 3.40. The molecule has 0 bridgehead atoms. The van der Waals surface area contributed by atoms with Gasteiger partial charge in [0.25, 0.3) is 0 Å². The predicted octanol–water partition coefficient (Wildman–Crippen LogP) is 4.29. The fourth-order valence-electron chi connectivity index (χ4n) is 5.25. The van der Waals surface area contributed by atoms with E-state index in [9.17, 15) is 5.11 Å². The predicted molar refractivity (Wildman–Crippen MR) is 102 cm³/mol. The van der Waals surface area contributed by atoms with Crippen LogP contribution < -0.4 is 0 Å². The van der Waals surface area contributed by atoms with Crippen molar-refractivity contribution in [3.8, 4) is 0 Å². The third-order valence-corrected chi connectivity index (χ3v) is 6.66. The van der Waals surface area contributed by atoms with Gasteiger partial charge >= 0.3 is 0 Å². The third kappa shape index (κ3) is 3.80. The number of rotatable bonds is 6. The van der Waals surface area contributed by atoms with Crippen LogP contribution in [0, 0.1) is 29.6 Å². The standard InChI is InChI=1S/C22H36O4/c1-12(2)8-7-9-13(3)18-17(23)10-14(4)15-11-16(15)19-20(18)22(25-6)26-21(19)24-5/h8,13-18,21-23H,7,9-11H2,1-6H3. The second-order valence-electron chi connectivity index (χ2n) is 8.83. The summed E-state index contributed by atoms with van der Waals surface area (Å²) in [6.07, 6.45) is 5.37. The van der Waals surface area contributed by atoms with Crippen LogP contribution in [0.5, 0.6) is 0 Å². The number of aliphatic hydroxyl groups excluding tert-OH is 1. The molecule has 4 heteroatoms. The van der Waals surface area contributed by atoms with Gasteiger partial charge in [-0.15, -0.1) is 0 Å². The Morgan fingerprint density at radius 2 is 1.85 bits per heavy atom. The van der Waals surface area contributed by atoms with E-state index < -0.39 is 6.29 Å². The zero-order valence-corrected chi connectivity index (χ0v) is 17.2. The van der Waals surface area contributed by atoms with Crippen molar-refractivity contribution in [1.82, 2.24) is 0 Å². The number of allylic oxidation sites excluding steroid dienone is 2. The molecule has 0 radical (unpaired) electrons. The Bertz CT molecular complexity index is 562. The minimum Gasteiger partial charge on any atom is -0.392 e. The van der Waals surface area contributed by atoms with E-state index in [4.69, 9.17) is 14.2 Å². The lowest BCUT2D eigenvalue weighted by atomic mass is 9.73. The van der Waals surface area contributed by atoms with Crippen LogP contribution >= 0.6 is 0 Å². The second kappa shape index (κ2) is 8.14. The lowest BCUT2D eigenvalue weighted by Gasteiger charge is -2.35. The molecule has 1 heterocycles. The Hall–Kier alpha value is -0.680. The molecule has 148 valence electrons. The van der Waals surface area contributed by atoms with Crippen molar-refractivity contribution in [3.05, 3.63) is 22.8 Å². The van der Waals surface area contributed by atoms with E-state index in [1.807, 2.05) is 0 Å². The Balaban J connectivity index is 1.95. The van der Waals surface area contributed by atoms with Crippen LogP contribution in [0.1, 0.15) is 53.4 Å². The van der Waals surface area contributed by atoms with Crippen LogP contribution in [0.3, 0.4) is 0 Å². The Morgan fingerprint density at radius 1 is 1.19 bits per heavy atom. The minimum absolute atomic E-state index is 0.0738. The highest BCUT2D eigenvalue weighted by Gasteiger charge is 2.54. The van der Waals surface area contributed by atoms with Crippen LogP contribution in [0.15, 0.2) is 22.8 Å². The third-order valence-electron chi connectivity index (χ3n) is 6.66. The Morgan fingerprint density at radius 3 is 2.46 bits per heavy atom. The quantitative estimate of drug-likeness (QED) is 0.714. The fraction of sp³-hybridized carbons (Fsp3) is 0.818. The fourth-order valence-corrected chi connectivity index (χ4v) is 5.25. The maximum atomic E-state index is 11.2. The Labute approximate surface area is 158 Å². The van der Waals surface area contributed by atoms with Crippen molar-refractivity contribution in [1.29, 1.82) is 0 Å². The van der Waals surface area contributed by atoms with Gasteiger partial charge in [0.15, 0.2) is 12.6 Å². The van der Waals surface area contributed by atoms with E-state index >= 15 is 0 Å². The lowest BCUT2D eigenvalue weighted by Crippen LogP contribution is -2.35. The zero-order valence-electron chi connectivity index (χ0n) is 17.2. The first-order valence-corrected chi connectivity index (χ1v) is 10.1. The molecule has 0 aromatic heterocycles. The number of hydrogen-bond acceptors (Lipinski definition) is 4. The molecule has 8 atom stereocenters. The van der Waals surface area contributed by atoms with Crippen molar-refractivity contribution < 1.29 is 19.3 Å². The molecule has 3 aliphatic rings. The molecule has 0 amide bonds. The summed E-state index contributed by atoms with van der Waals surface area (Å²) in [6.45, 7) is 8.83. The van der Waals surface area contributed by atoms with Crippen molar-refractivity contribution in [3.63, 3.8) is 0 Å². The highest BCUT2D eigenvalue weighted by atomic mass is 16.8. The molecule has 8 unspecified atom stereocenters. The van der Waals surface area contributed by atoms with E-state index in [0.717, 1.165) is 19.3 Å². The number of methoxy groups -OCH3 is 2. The normalized spacial score (nSPS) is 40.3. The molecule has 0 aromatic rings. The first-order chi connectivity index (χ1) is 12.4. The highest BCUT2D eigenvalue weighted by molar-refractivity contribution is 5.34. The molecule has 0 aromatic carbocycles. The van der Waals surface area contributed by atoms with E-state index in [1.54, 1.807) is 14.2 Å². The van der Waals surface area contributed by atoms with Crippen molar-refractivity contribution in [2.45, 2.75) is 72.1 Å². The smallest absolute Gasteiger partial charge is 0.183 e. The topological polar surface area (TPSA) is 47.9 Å². The average Bonchev–Trinajstić information content (AvgIpc) is 3.28. The summed E-state index contributed by atoms with van der Waals surface area (Å²) in [5, 5.41) is 11.2. The van der Waals surface area contributed by atoms with Crippen LogP contribution in [-0.2, 0) is 14.2 Å². The van der Waals surface area contributed by atoms with Gasteiger partial charge < -0.3 is 19.3 Å². The van der Waals surface area contributed by atoms with Crippen molar-refractivity contribution in [2.24, 2.45) is 29.6 Å². The number of hydrogen-bond donors (Lipinski definition) is 1. The maximum Gasteiger partial charge on any atom is 0.183 e. The monoisotopic (exact) mass is 364 g/mol. The SMILES string of the molecule is COC1OC(OC)C2=C1C1CC1C(C)CC(O)C2C(C)CCC=C(C)C. The molecular formula is C22H36O4. The molecule has 0 saturated heterocycles. The van der Waals surface area contributed by atoms with Gasteiger partial charge in [0.05, 0.1) is 6.10 Å². The van der Waals surface area contributed by atoms with E-state index in [-0.39, 0.29) is 18.3 Å². The molecule has 1 fully saturated rings. The van der Waals surface area contributed by atoms with Crippen LogP contribution in [0.25, 0.3) is 0 Å². The largest absolute Gasteiger partial charge is 0.392 e. The molecule has 1 saturated carbocycles. The zero-order chi connectivity index (χ0) is 19.0. The van der Waals surface area contributed by atoms with Crippen molar-refractivity contribution >= 4 is 0 Å². The highest BCUT2D eigenvalue weighted by Crippen LogP contribution is 2.58. The maximum absolute atomic E-state index is 11.2. The van der Waals surface area contributed by atoms with Gasteiger partial charge in [0, 0.05) is 20.1 Å². The summed E-state index contributed by atoms with van der Waals surface area (Å²) in [4.78, 5) is 0. The molecule has 0 spiro atoms. The molecule has 26 heavy (non-hydrogen) atoms. The average molecular weight is 365 g/mol. The van der Waals surface area contributed by atoms with E-state index in [0.29, 0.717) is 23.7 Å². The van der Waals surface area contributed by atoms with Crippen LogP contribution in [-0.4, -0.2) is 38.0 Å². The van der Waals surface area contributed by atoms with E-state index in [2.05, 4.69) is 33.8 Å². The molecule has 1 N–H and O–H groups in total. The number of fused-ring (bicyclic) bond motifs is 2. The van der Waals surface area contributed by atoms with Gasteiger partial charge in [-0.1, -0.05) is 25.5 Å². The summed E-state index contributed by atoms with van der Waals surface area (Å²) in [6, 6.07) is 0. The second-order valence-corrected chi connectivity index (χ2v) is 8.83. The summed E-state index contributed by atoms with van der Waals surface area (Å²) < 4.78 is 17.4. The van der Waals surface area contributed by atoms with Gasteiger partial charge in [-0.05, 0) is 74.3 Å². The van der Waals surface area contributed by atoms with Gasteiger partial charge in [-0.2, -0.15) is 0 Å². The molecule has 1 aliphatic heterocycles. The van der Waals surface area contributed by atoms with Gasteiger partial charge in [0.1, 0.15) is 0 Å². The molecular weight excluding hydrogens is 328 g/mol. The first-order valence-electron chi connectivity index (χ1n) is 10.1. The van der Waals surface area contributed by atoms with Crippen LogP contribution in [0.2, 0.25) is 0 Å². The molecule has 4 nitrogen and oxygen atoms in total. The number of aliphatic hydroxyl groups is 1. The van der Waals surface area contributed by atoms with Gasteiger partial charge in [0.2, 0.25) is 0 Å². The van der Waals surface area contributed by atoms with Gasteiger partial charge in [-0.3, -0.25) is 0 Å².